The Morgan fingerprint density at radius 3 is 2.25 bits per heavy atom. The van der Waals surface area contributed by atoms with Gasteiger partial charge in [0.15, 0.2) is 0 Å². The summed E-state index contributed by atoms with van der Waals surface area (Å²) in [4.78, 5) is 0. The maximum absolute atomic E-state index is 5.24. The molecule has 3 nitrogen and oxygen atoms in total. The van der Waals surface area contributed by atoms with E-state index in [-0.39, 0.29) is 0 Å². The van der Waals surface area contributed by atoms with Crippen molar-refractivity contribution in [2.45, 2.75) is 6.42 Å². The Balaban J connectivity index is 2.53. The van der Waals surface area contributed by atoms with Crippen molar-refractivity contribution in [3.63, 3.8) is 0 Å². The lowest BCUT2D eigenvalue weighted by Gasteiger charge is -1.98. The highest BCUT2D eigenvalue weighted by Crippen LogP contribution is 1.66. The summed E-state index contributed by atoms with van der Waals surface area (Å²) in [6, 6.07) is 0. The lowest BCUT2D eigenvalue weighted by molar-refractivity contribution is 0.659. The first-order valence-corrected chi connectivity index (χ1v) is 3.02. The van der Waals surface area contributed by atoms with Gasteiger partial charge in [0, 0.05) is 13.1 Å². The molecule has 8 heavy (non-hydrogen) atoms. The minimum absolute atomic E-state index is 0.713. The summed E-state index contributed by atoms with van der Waals surface area (Å²) in [5.41, 5.74) is 10.5. The molecule has 0 atom stereocenters. The van der Waals surface area contributed by atoms with Gasteiger partial charge in [0.05, 0.1) is 0 Å². The van der Waals surface area contributed by atoms with Crippen molar-refractivity contribution >= 4 is 0 Å². The zero-order valence-corrected chi connectivity index (χ0v) is 5.19. The van der Waals surface area contributed by atoms with Gasteiger partial charge in [0.25, 0.3) is 0 Å². The van der Waals surface area contributed by atoms with Gasteiger partial charge in [-0.05, 0) is 19.5 Å². The molecular formula is C5H15N3. The lowest BCUT2D eigenvalue weighted by atomic mass is 10.4. The summed E-state index contributed by atoms with van der Waals surface area (Å²) in [5, 5.41) is 3.13. The molecule has 0 aliphatic heterocycles. The second-order valence-corrected chi connectivity index (χ2v) is 1.68. The smallest absolute Gasteiger partial charge is 0.00745 e. The summed E-state index contributed by atoms with van der Waals surface area (Å²) in [7, 11) is 0. The van der Waals surface area contributed by atoms with Crippen LogP contribution in [0.5, 0.6) is 0 Å². The first-order chi connectivity index (χ1) is 3.91. The highest BCUT2D eigenvalue weighted by molar-refractivity contribution is 4.46. The Morgan fingerprint density at radius 1 is 1.00 bits per heavy atom. The molecule has 0 aromatic heterocycles. The first-order valence-electron chi connectivity index (χ1n) is 3.02. The molecule has 0 heterocycles. The maximum atomic E-state index is 5.24. The average molecular weight is 117 g/mol. The summed E-state index contributed by atoms with van der Waals surface area (Å²) < 4.78 is 0. The van der Waals surface area contributed by atoms with Gasteiger partial charge < -0.3 is 16.8 Å². The normalized spacial score (nSPS) is 9.75. The van der Waals surface area contributed by atoms with E-state index >= 15 is 0 Å². The van der Waals surface area contributed by atoms with Gasteiger partial charge in [-0.15, -0.1) is 0 Å². The molecule has 50 valence electrons. The molecule has 0 saturated carbocycles. The van der Waals surface area contributed by atoms with E-state index in [9.17, 15) is 0 Å². The molecule has 0 spiro atoms. The highest BCUT2D eigenvalue weighted by Gasteiger charge is 1.80. The van der Waals surface area contributed by atoms with Crippen LogP contribution in [0, 0.1) is 0 Å². The number of nitrogens with one attached hydrogen (secondary N) is 1. The van der Waals surface area contributed by atoms with Gasteiger partial charge in [-0.25, -0.2) is 0 Å². The van der Waals surface area contributed by atoms with Crippen LogP contribution in [0.1, 0.15) is 6.42 Å². The summed E-state index contributed by atoms with van der Waals surface area (Å²) in [6.07, 6.45) is 1.04. The third-order valence-electron chi connectivity index (χ3n) is 0.879. The molecule has 0 rings (SSSR count). The summed E-state index contributed by atoms with van der Waals surface area (Å²) >= 11 is 0. The molecule has 0 fully saturated rings. The van der Waals surface area contributed by atoms with Crippen molar-refractivity contribution < 1.29 is 0 Å². The van der Waals surface area contributed by atoms with Gasteiger partial charge in [0.2, 0.25) is 0 Å². The zero-order chi connectivity index (χ0) is 6.24. The third-order valence-corrected chi connectivity index (χ3v) is 0.879. The van der Waals surface area contributed by atoms with Crippen molar-refractivity contribution in [2.75, 3.05) is 26.2 Å². The molecule has 0 saturated heterocycles. The predicted molar refractivity (Wildman–Crippen MR) is 35.6 cm³/mol. The molecule has 0 bridgehead atoms. The second kappa shape index (κ2) is 6.88. The molecule has 0 aromatic rings. The second-order valence-electron chi connectivity index (χ2n) is 1.68. The van der Waals surface area contributed by atoms with Crippen LogP contribution < -0.4 is 16.8 Å². The molecule has 0 aliphatic rings. The Labute approximate surface area is 50.4 Å². The standard InChI is InChI=1S/C5H15N3/c6-2-1-4-8-5-3-7/h8H,1-7H2. The van der Waals surface area contributed by atoms with Gasteiger partial charge in [0.1, 0.15) is 0 Å². The van der Waals surface area contributed by atoms with Crippen molar-refractivity contribution in [3.8, 4) is 0 Å². The Kier molecular flexibility index (Phi) is 6.78. The number of hydrogen-bond donors (Lipinski definition) is 3. The van der Waals surface area contributed by atoms with Crippen LogP contribution in [0.2, 0.25) is 0 Å². The molecule has 3 heteroatoms. The molecular weight excluding hydrogens is 102 g/mol. The van der Waals surface area contributed by atoms with E-state index in [1.54, 1.807) is 0 Å². The van der Waals surface area contributed by atoms with Crippen LogP contribution in [0.4, 0.5) is 0 Å². The van der Waals surface area contributed by atoms with Crippen LogP contribution in [-0.4, -0.2) is 26.2 Å². The maximum Gasteiger partial charge on any atom is 0.00745 e. The highest BCUT2D eigenvalue weighted by atomic mass is 14.9. The fourth-order valence-electron chi connectivity index (χ4n) is 0.454. The molecule has 0 aliphatic carbocycles. The fraction of sp³-hybridized carbons (Fsp3) is 1.00. The number of rotatable bonds is 5. The Morgan fingerprint density at radius 2 is 1.75 bits per heavy atom. The largest absolute Gasteiger partial charge is 0.330 e. The van der Waals surface area contributed by atoms with Crippen LogP contribution in [0.25, 0.3) is 0 Å². The topological polar surface area (TPSA) is 64.1 Å². The van der Waals surface area contributed by atoms with Crippen LogP contribution >= 0.6 is 0 Å². The summed E-state index contributed by atoms with van der Waals surface area (Å²) in [5.74, 6) is 0. The van der Waals surface area contributed by atoms with Crippen molar-refractivity contribution in [2.24, 2.45) is 11.5 Å². The van der Waals surface area contributed by atoms with Gasteiger partial charge >= 0.3 is 0 Å². The molecule has 0 aromatic carbocycles. The lowest BCUT2D eigenvalue weighted by Crippen LogP contribution is -2.24. The SMILES string of the molecule is NCCCNCCN. The molecule has 0 radical (unpaired) electrons. The van der Waals surface area contributed by atoms with E-state index < -0.39 is 0 Å². The van der Waals surface area contributed by atoms with E-state index in [1.165, 1.54) is 0 Å². The monoisotopic (exact) mass is 117 g/mol. The van der Waals surface area contributed by atoms with E-state index in [2.05, 4.69) is 5.32 Å². The van der Waals surface area contributed by atoms with Crippen LogP contribution in [-0.2, 0) is 0 Å². The molecule has 0 unspecified atom stereocenters. The van der Waals surface area contributed by atoms with E-state index in [4.69, 9.17) is 11.5 Å². The third kappa shape index (κ3) is 5.88. The van der Waals surface area contributed by atoms with Gasteiger partial charge in [-0.2, -0.15) is 0 Å². The van der Waals surface area contributed by atoms with Crippen LogP contribution in [0.3, 0.4) is 0 Å². The van der Waals surface area contributed by atoms with E-state index in [0.717, 1.165) is 26.1 Å². The van der Waals surface area contributed by atoms with Gasteiger partial charge in [-0.1, -0.05) is 0 Å². The molecule has 5 N–H and O–H groups in total. The minimum atomic E-state index is 0.713. The van der Waals surface area contributed by atoms with Crippen molar-refractivity contribution in [3.05, 3.63) is 0 Å². The Bertz CT molecular complexity index is 32.7. The fourth-order valence-corrected chi connectivity index (χ4v) is 0.454. The number of nitrogens with two attached hydrogens (primary N) is 2. The Hall–Kier alpha value is -0.120. The van der Waals surface area contributed by atoms with Crippen LogP contribution in [0.15, 0.2) is 0 Å². The summed E-state index contributed by atoms with van der Waals surface area (Å²) in [6.45, 7) is 3.37. The van der Waals surface area contributed by atoms with E-state index in [1.807, 2.05) is 0 Å². The first kappa shape index (κ1) is 7.88. The average Bonchev–Trinajstić information content (AvgIpc) is 1.81. The quantitative estimate of drug-likeness (QED) is 0.400. The van der Waals surface area contributed by atoms with E-state index in [0.29, 0.717) is 6.54 Å². The van der Waals surface area contributed by atoms with Crippen molar-refractivity contribution in [1.82, 2.24) is 5.32 Å². The minimum Gasteiger partial charge on any atom is -0.330 e. The zero-order valence-electron chi connectivity index (χ0n) is 5.19. The van der Waals surface area contributed by atoms with Crippen molar-refractivity contribution in [1.29, 1.82) is 0 Å². The molecule has 0 amide bonds. The predicted octanol–water partition coefficient (Wildman–Crippen LogP) is -1.12. The number of hydrogen-bond acceptors (Lipinski definition) is 3. The van der Waals surface area contributed by atoms with Gasteiger partial charge in [-0.3, -0.25) is 0 Å².